The lowest BCUT2D eigenvalue weighted by Crippen LogP contribution is -1.79. The molecule has 0 amide bonds. The van der Waals surface area contributed by atoms with Crippen LogP contribution in [0.15, 0.2) is 16.3 Å². The van der Waals surface area contributed by atoms with Crippen molar-refractivity contribution in [3.8, 4) is 0 Å². The summed E-state index contributed by atoms with van der Waals surface area (Å²) in [6.07, 6.45) is 1.38. The summed E-state index contributed by atoms with van der Waals surface area (Å²) in [5, 5.41) is 0. The highest BCUT2D eigenvalue weighted by Gasteiger charge is 1.98. The summed E-state index contributed by atoms with van der Waals surface area (Å²) in [5.41, 5.74) is 1.38. The summed E-state index contributed by atoms with van der Waals surface area (Å²) >= 11 is 5.24. The molecule has 2 nitrogen and oxygen atoms in total. The fourth-order valence-corrected chi connectivity index (χ4v) is 0.450. The molecule has 0 spiro atoms. The molecular weight excluding hydrogens is 149 g/mol. The van der Waals surface area contributed by atoms with Crippen LogP contribution in [0.25, 0.3) is 0 Å². The zero-order valence-electron chi connectivity index (χ0n) is 4.00. The molecule has 0 aromatic carbocycles. The summed E-state index contributed by atoms with van der Waals surface area (Å²) in [6.45, 7) is 0.587. The Labute approximate surface area is 58.6 Å². The van der Waals surface area contributed by atoms with Gasteiger partial charge in [0.1, 0.15) is 12.3 Å². The fraction of sp³-hybridized carbons (Fsp3) is 0.250. The summed E-state index contributed by atoms with van der Waals surface area (Å²) in [4.78, 5) is 3.74. The molecular formula is C4H5Cl2NO. The summed E-state index contributed by atoms with van der Waals surface area (Å²) in [5.74, 6) is 0.710. The van der Waals surface area contributed by atoms with E-state index in [2.05, 4.69) is 4.99 Å². The summed E-state index contributed by atoms with van der Waals surface area (Å²) < 4.78 is 4.74. The van der Waals surface area contributed by atoms with Gasteiger partial charge in [0.05, 0.1) is 0 Å². The Bertz CT molecular complexity index is 111. The Morgan fingerprint density at radius 1 is 1.88 bits per heavy atom. The molecule has 1 heterocycles. The van der Waals surface area contributed by atoms with Gasteiger partial charge in [-0.05, 0) is 0 Å². The lowest BCUT2D eigenvalue weighted by Gasteiger charge is -1.86. The van der Waals surface area contributed by atoms with Gasteiger partial charge in [0.2, 0.25) is 0 Å². The van der Waals surface area contributed by atoms with Gasteiger partial charge in [-0.2, -0.15) is 0 Å². The maximum atomic E-state index is 5.24. The van der Waals surface area contributed by atoms with Crippen LogP contribution in [0.4, 0.5) is 0 Å². The SMILES string of the molecule is Cl.ClC=C1CN=CO1. The van der Waals surface area contributed by atoms with E-state index < -0.39 is 0 Å². The largest absolute Gasteiger partial charge is 0.448 e. The Kier molecular flexibility index (Phi) is 3.65. The number of rotatable bonds is 0. The van der Waals surface area contributed by atoms with E-state index in [-0.39, 0.29) is 12.4 Å². The lowest BCUT2D eigenvalue weighted by molar-refractivity contribution is 0.457. The molecule has 1 aliphatic heterocycles. The van der Waals surface area contributed by atoms with Gasteiger partial charge in [-0.1, -0.05) is 11.6 Å². The van der Waals surface area contributed by atoms with Crippen LogP contribution < -0.4 is 0 Å². The molecule has 0 fully saturated rings. The van der Waals surface area contributed by atoms with Crippen molar-refractivity contribution in [3.63, 3.8) is 0 Å². The molecule has 8 heavy (non-hydrogen) atoms. The summed E-state index contributed by atoms with van der Waals surface area (Å²) in [7, 11) is 0. The molecule has 0 saturated heterocycles. The molecule has 0 bridgehead atoms. The van der Waals surface area contributed by atoms with Gasteiger partial charge in [0.25, 0.3) is 0 Å². The fourth-order valence-electron chi connectivity index (χ4n) is 0.330. The van der Waals surface area contributed by atoms with Crippen molar-refractivity contribution in [2.24, 2.45) is 4.99 Å². The van der Waals surface area contributed by atoms with Crippen molar-refractivity contribution in [1.82, 2.24) is 0 Å². The number of halogens is 2. The number of hydrogen-bond donors (Lipinski definition) is 0. The quantitative estimate of drug-likeness (QED) is 0.518. The Hall–Kier alpha value is -0.210. The first-order valence-corrected chi connectivity index (χ1v) is 2.31. The standard InChI is InChI=1S/C4H4ClNO.ClH/c5-1-4-2-6-3-7-4;/h1,3H,2H2;1H. The van der Waals surface area contributed by atoms with E-state index in [4.69, 9.17) is 16.3 Å². The van der Waals surface area contributed by atoms with Gasteiger partial charge in [0.15, 0.2) is 6.40 Å². The van der Waals surface area contributed by atoms with Gasteiger partial charge >= 0.3 is 0 Å². The molecule has 0 aromatic heterocycles. The second-order valence-corrected chi connectivity index (χ2v) is 1.36. The molecule has 46 valence electrons. The highest BCUT2D eigenvalue weighted by atomic mass is 35.5. The molecule has 0 unspecified atom stereocenters. The smallest absolute Gasteiger partial charge is 0.176 e. The van der Waals surface area contributed by atoms with E-state index in [0.717, 1.165) is 0 Å². The van der Waals surface area contributed by atoms with Crippen molar-refractivity contribution in [2.75, 3.05) is 6.54 Å². The molecule has 0 aromatic rings. The normalized spacial score (nSPS) is 20.4. The van der Waals surface area contributed by atoms with E-state index in [9.17, 15) is 0 Å². The van der Waals surface area contributed by atoms with Gasteiger partial charge < -0.3 is 4.74 Å². The average Bonchev–Trinajstić information content (AvgIpc) is 2.14. The number of aliphatic imine (C=N–C) groups is 1. The molecule has 1 aliphatic rings. The average molecular weight is 154 g/mol. The lowest BCUT2D eigenvalue weighted by atomic mass is 10.6. The predicted molar refractivity (Wildman–Crippen MR) is 35.6 cm³/mol. The molecule has 0 radical (unpaired) electrons. The minimum atomic E-state index is 0. The van der Waals surface area contributed by atoms with Gasteiger partial charge in [-0.15, -0.1) is 12.4 Å². The molecule has 1 rings (SSSR count). The van der Waals surface area contributed by atoms with Crippen molar-refractivity contribution in [2.45, 2.75) is 0 Å². The van der Waals surface area contributed by atoms with Gasteiger partial charge in [0, 0.05) is 5.54 Å². The number of nitrogens with zero attached hydrogens (tertiary/aromatic N) is 1. The zero-order valence-corrected chi connectivity index (χ0v) is 5.58. The van der Waals surface area contributed by atoms with E-state index >= 15 is 0 Å². The second-order valence-electron chi connectivity index (χ2n) is 1.14. The first kappa shape index (κ1) is 7.79. The maximum absolute atomic E-state index is 5.24. The Morgan fingerprint density at radius 2 is 2.62 bits per heavy atom. The third kappa shape index (κ3) is 1.72. The number of ether oxygens (including phenoxy) is 1. The van der Waals surface area contributed by atoms with Crippen LogP contribution in [-0.2, 0) is 4.74 Å². The Balaban J connectivity index is 0.000000490. The van der Waals surface area contributed by atoms with E-state index in [1.807, 2.05) is 0 Å². The van der Waals surface area contributed by atoms with E-state index in [1.54, 1.807) is 0 Å². The molecule has 0 aliphatic carbocycles. The van der Waals surface area contributed by atoms with Crippen molar-refractivity contribution >= 4 is 30.4 Å². The minimum Gasteiger partial charge on any atom is -0.448 e. The topological polar surface area (TPSA) is 21.6 Å². The molecule has 0 N–H and O–H groups in total. The Morgan fingerprint density at radius 3 is 2.88 bits per heavy atom. The van der Waals surface area contributed by atoms with Crippen LogP contribution in [0.5, 0.6) is 0 Å². The van der Waals surface area contributed by atoms with Crippen LogP contribution in [0.3, 0.4) is 0 Å². The van der Waals surface area contributed by atoms with E-state index in [1.165, 1.54) is 11.9 Å². The second kappa shape index (κ2) is 3.75. The van der Waals surface area contributed by atoms with Crippen LogP contribution in [0.1, 0.15) is 0 Å². The minimum absolute atomic E-state index is 0. The van der Waals surface area contributed by atoms with Gasteiger partial charge in [-0.3, -0.25) is 4.99 Å². The van der Waals surface area contributed by atoms with Crippen molar-refractivity contribution in [3.05, 3.63) is 11.3 Å². The van der Waals surface area contributed by atoms with Crippen LogP contribution in [-0.4, -0.2) is 12.9 Å². The number of hydrogen-bond acceptors (Lipinski definition) is 2. The zero-order chi connectivity index (χ0) is 5.11. The third-order valence-corrected chi connectivity index (χ3v) is 0.891. The first-order chi connectivity index (χ1) is 3.43. The third-order valence-electron chi connectivity index (χ3n) is 0.647. The van der Waals surface area contributed by atoms with Crippen LogP contribution in [0.2, 0.25) is 0 Å². The highest BCUT2D eigenvalue weighted by Crippen LogP contribution is 2.02. The van der Waals surface area contributed by atoms with Crippen LogP contribution >= 0.6 is 24.0 Å². The molecule has 0 atom stereocenters. The summed E-state index contributed by atoms with van der Waals surface area (Å²) in [6, 6.07) is 0. The van der Waals surface area contributed by atoms with Crippen molar-refractivity contribution < 1.29 is 4.74 Å². The first-order valence-electron chi connectivity index (χ1n) is 1.87. The molecule has 4 heteroatoms. The van der Waals surface area contributed by atoms with E-state index in [0.29, 0.717) is 12.3 Å². The molecule has 0 saturated carbocycles. The highest BCUT2D eigenvalue weighted by molar-refractivity contribution is 6.25. The maximum Gasteiger partial charge on any atom is 0.176 e. The van der Waals surface area contributed by atoms with Crippen LogP contribution in [0, 0.1) is 0 Å². The van der Waals surface area contributed by atoms with Crippen molar-refractivity contribution in [1.29, 1.82) is 0 Å². The monoisotopic (exact) mass is 153 g/mol. The predicted octanol–water partition coefficient (Wildman–Crippen LogP) is 1.55. The van der Waals surface area contributed by atoms with Gasteiger partial charge in [-0.25, -0.2) is 0 Å².